The van der Waals surface area contributed by atoms with Crippen molar-refractivity contribution in [1.82, 2.24) is 4.68 Å². The van der Waals surface area contributed by atoms with Crippen LogP contribution in [0.4, 0.5) is 5.69 Å². The van der Waals surface area contributed by atoms with E-state index in [0.717, 1.165) is 16.8 Å². The number of oxazole rings is 1. The average molecular weight is 298 g/mol. The van der Waals surface area contributed by atoms with Gasteiger partial charge in [0.15, 0.2) is 5.76 Å². The Hall–Kier alpha value is -2.53. The van der Waals surface area contributed by atoms with Crippen molar-refractivity contribution in [3.63, 3.8) is 0 Å². The molecule has 0 aliphatic heterocycles. The summed E-state index contributed by atoms with van der Waals surface area (Å²) in [5, 5.41) is 10.4. The van der Waals surface area contributed by atoms with E-state index in [4.69, 9.17) is 16.6 Å². The van der Waals surface area contributed by atoms with Crippen LogP contribution >= 0.6 is 12.2 Å². The van der Waals surface area contributed by atoms with Gasteiger partial charge in [-0.2, -0.15) is 4.68 Å². The smallest absolute Gasteiger partial charge is 0.291 e. The molecule has 1 aromatic heterocycles. The van der Waals surface area contributed by atoms with E-state index < -0.39 is 0 Å². The maximum Gasteiger partial charge on any atom is 0.291 e. The van der Waals surface area contributed by atoms with E-state index in [-0.39, 0.29) is 10.7 Å². The summed E-state index contributed by atoms with van der Waals surface area (Å²) < 4.78 is 6.87. The lowest BCUT2D eigenvalue weighted by molar-refractivity contribution is 0.436. The number of aryl methyl sites for hydroxylation is 1. The normalized spacial score (nSPS) is 10.5. The monoisotopic (exact) mass is 298 g/mol. The summed E-state index contributed by atoms with van der Waals surface area (Å²) in [5.41, 5.74) is 5.68. The van der Waals surface area contributed by atoms with Gasteiger partial charge in [0.25, 0.3) is 10.7 Å². The van der Waals surface area contributed by atoms with Gasteiger partial charge in [0.1, 0.15) is 0 Å². The summed E-state index contributed by atoms with van der Waals surface area (Å²) in [7, 11) is 0. The van der Waals surface area contributed by atoms with E-state index in [2.05, 4.69) is 5.43 Å². The molecule has 2 N–H and O–H groups in total. The summed E-state index contributed by atoms with van der Waals surface area (Å²) >= 11 is 5.17. The van der Waals surface area contributed by atoms with Crippen LogP contribution in [-0.2, 0) is 0 Å². The lowest BCUT2D eigenvalue weighted by atomic mass is 10.1. The maximum atomic E-state index is 10.4. The predicted octanol–water partition coefficient (Wildman–Crippen LogP) is 4.37. The van der Waals surface area contributed by atoms with Crippen LogP contribution in [-0.4, -0.2) is 9.78 Å². The molecule has 21 heavy (non-hydrogen) atoms. The van der Waals surface area contributed by atoms with Crippen molar-refractivity contribution >= 4 is 17.9 Å². The molecule has 0 radical (unpaired) electrons. The zero-order valence-electron chi connectivity index (χ0n) is 11.4. The minimum absolute atomic E-state index is 0.0468. The minimum atomic E-state index is -0.0468. The standard InChI is InChI=1S/C16H14N2O2S/c1-11-6-5-7-12(10-11)14-15(19)18(16(21)20-14)17-13-8-3-2-4-9-13/h2-10,17,19H,1H3. The molecule has 5 heteroatoms. The number of aromatic hydroxyl groups is 1. The third-order valence-electron chi connectivity index (χ3n) is 3.08. The average Bonchev–Trinajstić information content (AvgIpc) is 2.76. The highest BCUT2D eigenvalue weighted by Gasteiger charge is 2.16. The van der Waals surface area contributed by atoms with Crippen LogP contribution in [0.2, 0.25) is 0 Å². The minimum Gasteiger partial charge on any atom is -0.491 e. The fourth-order valence-electron chi connectivity index (χ4n) is 2.08. The summed E-state index contributed by atoms with van der Waals surface area (Å²) in [6.45, 7) is 1.98. The van der Waals surface area contributed by atoms with E-state index in [9.17, 15) is 5.11 Å². The number of benzene rings is 2. The highest BCUT2D eigenvalue weighted by atomic mass is 32.1. The molecule has 0 aliphatic carbocycles. The number of anilines is 1. The Morgan fingerprint density at radius 3 is 2.57 bits per heavy atom. The van der Waals surface area contributed by atoms with E-state index in [1.807, 2.05) is 61.5 Å². The van der Waals surface area contributed by atoms with E-state index in [1.165, 1.54) is 4.68 Å². The lowest BCUT2D eigenvalue weighted by Gasteiger charge is -2.07. The second-order valence-corrected chi connectivity index (χ2v) is 5.05. The van der Waals surface area contributed by atoms with Gasteiger partial charge in [0.2, 0.25) is 0 Å². The number of hydrogen-bond donors (Lipinski definition) is 2. The van der Waals surface area contributed by atoms with Gasteiger partial charge < -0.3 is 9.52 Å². The van der Waals surface area contributed by atoms with Gasteiger partial charge in [-0.05, 0) is 37.3 Å². The van der Waals surface area contributed by atoms with Crippen molar-refractivity contribution in [3.05, 3.63) is 65.0 Å². The molecule has 0 atom stereocenters. The topological polar surface area (TPSA) is 50.3 Å². The molecule has 0 fully saturated rings. The van der Waals surface area contributed by atoms with Crippen molar-refractivity contribution in [2.24, 2.45) is 0 Å². The molecule has 3 aromatic rings. The van der Waals surface area contributed by atoms with Crippen LogP contribution in [0.3, 0.4) is 0 Å². The number of aromatic nitrogens is 1. The molecule has 0 unspecified atom stereocenters. The number of nitrogens with one attached hydrogen (secondary N) is 1. The highest BCUT2D eigenvalue weighted by molar-refractivity contribution is 7.71. The maximum absolute atomic E-state index is 10.4. The molecule has 4 nitrogen and oxygen atoms in total. The summed E-state index contributed by atoms with van der Waals surface area (Å²) in [4.78, 5) is 0.160. The fraction of sp³-hybridized carbons (Fsp3) is 0.0625. The van der Waals surface area contributed by atoms with Crippen molar-refractivity contribution in [2.75, 3.05) is 5.43 Å². The van der Waals surface area contributed by atoms with Crippen LogP contribution in [0, 0.1) is 11.8 Å². The van der Waals surface area contributed by atoms with Gasteiger partial charge in [0.05, 0.1) is 5.69 Å². The largest absolute Gasteiger partial charge is 0.491 e. The van der Waals surface area contributed by atoms with Gasteiger partial charge in [-0.25, -0.2) is 0 Å². The van der Waals surface area contributed by atoms with Gasteiger partial charge in [-0.15, -0.1) is 0 Å². The Kier molecular flexibility index (Phi) is 3.50. The first-order chi connectivity index (χ1) is 10.1. The van der Waals surface area contributed by atoms with Crippen molar-refractivity contribution < 1.29 is 9.52 Å². The summed E-state index contributed by atoms with van der Waals surface area (Å²) in [6.07, 6.45) is 0. The molecule has 0 spiro atoms. The van der Waals surface area contributed by atoms with Crippen LogP contribution in [0.25, 0.3) is 11.3 Å². The van der Waals surface area contributed by atoms with Gasteiger partial charge in [-0.3, -0.25) is 5.43 Å². The van der Waals surface area contributed by atoms with E-state index >= 15 is 0 Å². The molecule has 1 heterocycles. The Bertz CT molecular complexity index is 822. The second kappa shape index (κ2) is 5.46. The Morgan fingerprint density at radius 2 is 1.86 bits per heavy atom. The Labute approximate surface area is 127 Å². The van der Waals surface area contributed by atoms with E-state index in [1.54, 1.807) is 0 Å². The summed E-state index contributed by atoms with van der Waals surface area (Å²) in [6, 6.07) is 17.1. The van der Waals surface area contributed by atoms with E-state index in [0.29, 0.717) is 5.76 Å². The van der Waals surface area contributed by atoms with Gasteiger partial charge in [0, 0.05) is 5.56 Å². The third-order valence-corrected chi connectivity index (χ3v) is 3.35. The SMILES string of the molecule is Cc1cccc(-c2oc(=S)n(Nc3ccccc3)c2O)c1. The quantitative estimate of drug-likeness (QED) is 0.705. The second-order valence-electron chi connectivity index (χ2n) is 4.70. The summed E-state index contributed by atoms with van der Waals surface area (Å²) in [5.74, 6) is 0.307. The predicted molar refractivity (Wildman–Crippen MR) is 84.8 cm³/mol. The molecule has 0 aliphatic rings. The Balaban J connectivity index is 2.03. The number of hydrogen-bond acceptors (Lipinski definition) is 4. The van der Waals surface area contributed by atoms with Gasteiger partial charge in [-0.1, -0.05) is 42.0 Å². The molecule has 2 aromatic carbocycles. The molecule has 106 valence electrons. The number of para-hydroxylation sites is 1. The first-order valence-electron chi connectivity index (χ1n) is 6.49. The molecular weight excluding hydrogens is 284 g/mol. The zero-order valence-corrected chi connectivity index (χ0v) is 12.2. The molecule has 3 rings (SSSR count). The van der Waals surface area contributed by atoms with Crippen molar-refractivity contribution in [2.45, 2.75) is 6.92 Å². The van der Waals surface area contributed by atoms with Crippen LogP contribution in [0.5, 0.6) is 5.88 Å². The molecule has 0 amide bonds. The van der Waals surface area contributed by atoms with Crippen LogP contribution in [0.1, 0.15) is 5.56 Å². The first-order valence-corrected chi connectivity index (χ1v) is 6.90. The number of rotatable bonds is 3. The highest BCUT2D eigenvalue weighted by Crippen LogP contribution is 2.31. The van der Waals surface area contributed by atoms with Crippen molar-refractivity contribution in [3.8, 4) is 17.2 Å². The molecule has 0 saturated carbocycles. The fourth-order valence-corrected chi connectivity index (χ4v) is 2.30. The lowest BCUT2D eigenvalue weighted by Crippen LogP contribution is -2.07. The number of nitrogens with zero attached hydrogens (tertiary/aromatic N) is 1. The van der Waals surface area contributed by atoms with Crippen molar-refractivity contribution in [1.29, 1.82) is 0 Å². The zero-order chi connectivity index (χ0) is 14.8. The Morgan fingerprint density at radius 1 is 1.10 bits per heavy atom. The molecular formula is C16H14N2O2S. The first kappa shape index (κ1) is 13.5. The van der Waals surface area contributed by atoms with Crippen LogP contribution in [0.15, 0.2) is 59.0 Å². The van der Waals surface area contributed by atoms with Crippen LogP contribution < -0.4 is 5.43 Å². The third kappa shape index (κ3) is 2.68. The van der Waals surface area contributed by atoms with Gasteiger partial charge >= 0.3 is 0 Å². The molecule has 0 bridgehead atoms. The molecule has 0 saturated heterocycles.